The molecule has 17 heavy (non-hydrogen) atoms. The van der Waals surface area contributed by atoms with Crippen molar-refractivity contribution in [1.82, 2.24) is 4.90 Å². The van der Waals surface area contributed by atoms with Gasteiger partial charge in [-0.05, 0) is 18.4 Å². The van der Waals surface area contributed by atoms with Gasteiger partial charge in [-0.3, -0.25) is 4.79 Å². The van der Waals surface area contributed by atoms with Crippen LogP contribution in [0, 0.1) is 0 Å². The molecule has 0 atom stereocenters. The summed E-state index contributed by atoms with van der Waals surface area (Å²) in [5.41, 5.74) is 1.06. The van der Waals surface area contributed by atoms with Gasteiger partial charge in [0.15, 0.2) is 0 Å². The van der Waals surface area contributed by atoms with Crippen molar-refractivity contribution < 1.29 is 18.0 Å². The van der Waals surface area contributed by atoms with Crippen LogP contribution in [-0.2, 0) is 11.2 Å². The van der Waals surface area contributed by atoms with Gasteiger partial charge in [-0.2, -0.15) is 13.2 Å². The number of benzene rings is 1. The molecule has 1 amide bonds. The second kappa shape index (κ2) is 5.70. The maximum Gasteiger partial charge on any atom is 0.471 e. The summed E-state index contributed by atoms with van der Waals surface area (Å²) in [4.78, 5) is 11.5. The summed E-state index contributed by atoms with van der Waals surface area (Å²) >= 11 is 0. The number of halogens is 3. The molecule has 0 aliphatic carbocycles. The summed E-state index contributed by atoms with van der Waals surface area (Å²) in [6.07, 6.45) is -3.60. The largest absolute Gasteiger partial charge is 0.471 e. The molecule has 2 nitrogen and oxygen atoms in total. The van der Waals surface area contributed by atoms with Gasteiger partial charge >= 0.3 is 12.1 Å². The Labute approximate surface area is 98.0 Å². The number of nitrogens with zero attached hydrogens (tertiary/aromatic N) is 1. The number of aryl methyl sites for hydroxylation is 1. The number of rotatable bonds is 4. The maximum atomic E-state index is 12.1. The molecule has 5 heteroatoms. The van der Waals surface area contributed by atoms with Crippen LogP contribution >= 0.6 is 0 Å². The Hall–Kier alpha value is -1.52. The summed E-state index contributed by atoms with van der Waals surface area (Å²) in [5, 5.41) is 0. The van der Waals surface area contributed by atoms with Gasteiger partial charge in [0.25, 0.3) is 0 Å². The highest BCUT2D eigenvalue weighted by molar-refractivity contribution is 5.81. The predicted molar refractivity (Wildman–Crippen MR) is 58.5 cm³/mol. The van der Waals surface area contributed by atoms with Crippen molar-refractivity contribution in [3.05, 3.63) is 35.9 Å². The number of amides is 1. The minimum absolute atomic E-state index is 0.104. The molecule has 1 aromatic rings. The van der Waals surface area contributed by atoms with Gasteiger partial charge in [-0.15, -0.1) is 0 Å². The van der Waals surface area contributed by atoms with E-state index in [-0.39, 0.29) is 6.54 Å². The van der Waals surface area contributed by atoms with E-state index in [9.17, 15) is 18.0 Å². The third-order valence-corrected chi connectivity index (χ3v) is 2.39. The predicted octanol–water partition coefficient (Wildman–Crippen LogP) is 2.64. The first-order valence-electron chi connectivity index (χ1n) is 5.27. The van der Waals surface area contributed by atoms with E-state index in [0.717, 1.165) is 5.56 Å². The highest BCUT2D eigenvalue weighted by atomic mass is 19.4. The van der Waals surface area contributed by atoms with E-state index in [0.29, 0.717) is 17.7 Å². The Balaban J connectivity index is 2.35. The van der Waals surface area contributed by atoms with Gasteiger partial charge < -0.3 is 4.90 Å². The Morgan fingerprint density at radius 3 is 2.35 bits per heavy atom. The molecule has 0 saturated heterocycles. The monoisotopic (exact) mass is 245 g/mol. The molecule has 1 aromatic carbocycles. The summed E-state index contributed by atoms with van der Waals surface area (Å²) in [7, 11) is 1.17. The number of carbonyl (C=O) groups excluding carboxylic acids is 1. The Kier molecular flexibility index (Phi) is 4.54. The Morgan fingerprint density at radius 1 is 1.24 bits per heavy atom. The normalized spacial score (nSPS) is 11.3. The molecule has 0 spiro atoms. The Morgan fingerprint density at radius 2 is 1.82 bits per heavy atom. The lowest BCUT2D eigenvalue weighted by molar-refractivity contribution is -0.184. The second-order valence-corrected chi connectivity index (χ2v) is 3.81. The average molecular weight is 245 g/mol. The summed E-state index contributed by atoms with van der Waals surface area (Å²) in [6, 6.07) is 9.44. The minimum Gasteiger partial charge on any atom is -0.338 e. The van der Waals surface area contributed by atoms with Crippen molar-refractivity contribution in [3.8, 4) is 0 Å². The van der Waals surface area contributed by atoms with Crippen molar-refractivity contribution in [1.29, 1.82) is 0 Å². The fourth-order valence-corrected chi connectivity index (χ4v) is 1.48. The van der Waals surface area contributed by atoms with Crippen LogP contribution in [0.5, 0.6) is 0 Å². The molecule has 0 fully saturated rings. The smallest absolute Gasteiger partial charge is 0.338 e. The van der Waals surface area contributed by atoms with Crippen molar-refractivity contribution in [2.45, 2.75) is 19.0 Å². The van der Waals surface area contributed by atoms with Crippen LogP contribution in [0.2, 0.25) is 0 Å². The number of alkyl halides is 3. The molecule has 0 unspecified atom stereocenters. The topological polar surface area (TPSA) is 20.3 Å². The van der Waals surface area contributed by atoms with Crippen molar-refractivity contribution in [2.75, 3.05) is 13.6 Å². The molecule has 0 aliphatic heterocycles. The van der Waals surface area contributed by atoms with Gasteiger partial charge in [0.1, 0.15) is 0 Å². The molecule has 0 radical (unpaired) electrons. The number of hydrogen-bond acceptors (Lipinski definition) is 1. The van der Waals surface area contributed by atoms with E-state index < -0.39 is 12.1 Å². The van der Waals surface area contributed by atoms with Crippen LogP contribution in [0.3, 0.4) is 0 Å². The number of hydrogen-bond donors (Lipinski definition) is 0. The zero-order chi connectivity index (χ0) is 12.9. The van der Waals surface area contributed by atoms with Gasteiger partial charge in [-0.25, -0.2) is 0 Å². The van der Waals surface area contributed by atoms with Crippen LogP contribution in [0.25, 0.3) is 0 Å². The SMILES string of the molecule is CN(CCCc1ccccc1)C(=O)C(F)(F)F. The molecule has 0 aromatic heterocycles. The van der Waals surface area contributed by atoms with Crippen LogP contribution < -0.4 is 0 Å². The van der Waals surface area contributed by atoms with E-state index >= 15 is 0 Å². The standard InChI is InChI=1S/C12H14F3NO/c1-16(11(17)12(13,14)15)9-5-8-10-6-3-2-4-7-10/h2-4,6-7H,5,8-9H2,1H3. The van der Waals surface area contributed by atoms with Crippen molar-refractivity contribution >= 4 is 5.91 Å². The van der Waals surface area contributed by atoms with Crippen LogP contribution in [0.4, 0.5) is 13.2 Å². The summed E-state index contributed by atoms with van der Waals surface area (Å²) in [5.74, 6) is -1.79. The van der Waals surface area contributed by atoms with Gasteiger partial charge in [0.2, 0.25) is 0 Å². The lowest BCUT2D eigenvalue weighted by atomic mass is 10.1. The first kappa shape index (κ1) is 13.5. The zero-order valence-corrected chi connectivity index (χ0v) is 9.50. The molecule has 94 valence electrons. The summed E-state index contributed by atoms with van der Waals surface area (Å²) in [6.45, 7) is 0.104. The minimum atomic E-state index is -4.78. The quantitative estimate of drug-likeness (QED) is 0.798. The molecule has 0 N–H and O–H groups in total. The molecule has 0 aliphatic rings. The zero-order valence-electron chi connectivity index (χ0n) is 9.50. The lowest BCUT2D eigenvalue weighted by Gasteiger charge is -2.18. The second-order valence-electron chi connectivity index (χ2n) is 3.81. The van der Waals surface area contributed by atoms with Crippen LogP contribution in [0.15, 0.2) is 30.3 Å². The first-order chi connectivity index (χ1) is 7.91. The highest BCUT2D eigenvalue weighted by Crippen LogP contribution is 2.17. The van der Waals surface area contributed by atoms with Gasteiger partial charge in [0, 0.05) is 13.6 Å². The lowest BCUT2D eigenvalue weighted by Crippen LogP contribution is -2.39. The molecule has 0 saturated carbocycles. The third-order valence-electron chi connectivity index (χ3n) is 2.39. The van der Waals surface area contributed by atoms with E-state index in [1.807, 2.05) is 30.3 Å². The third kappa shape index (κ3) is 4.46. The van der Waals surface area contributed by atoms with Crippen molar-refractivity contribution in [2.24, 2.45) is 0 Å². The molecule has 1 rings (SSSR count). The highest BCUT2D eigenvalue weighted by Gasteiger charge is 2.40. The van der Waals surface area contributed by atoms with Gasteiger partial charge in [0.05, 0.1) is 0 Å². The molecular formula is C12H14F3NO. The molecule has 0 heterocycles. The van der Waals surface area contributed by atoms with E-state index in [4.69, 9.17) is 0 Å². The van der Waals surface area contributed by atoms with E-state index in [2.05, 4.69) is 0 Å². The average Bonchev–Trinajstić information content (AvgIpc) is 2.28. The Bertz CT molecular complexity index is 362. The number of carbonyl (C=O) groups is 1. The summed E-state index contributed by atoms with van der Waals surface area (Å²) < 4.78 is 36.2. The van der Waals surface area contributed by atoms with Gasteiger partial charge in [-0.1, -0.05) is 30.3 Å². The van der Waals surface area contributed by atoms with Crippen LogP contribution in [-0.4, -0.2) is 30.6 Å². The maximum absolute atomic E-state index is 12.1. The first-order valence-corrected chi connectivity index (χ1v) is 5.27. The fourth-order valence-electron chi connectivity index (χ4n) is 1.48. The fraction of sp³-hybridized carbons (Fsp3) is 0.417. The van der Waals surface area contributed by atoms with Crippen molar-refractivity contribution in [3.63, 3.8) is 0 Å². The molecular weight excluding hydrogens is 231 g/mol. The van der Waals surface area contributed by atoms with E-state index in [1.54, 1.807) is 0 Å². The molecule has 0 bridgehead atoms. The van der Waals surface area contributed by atoms with Crippen LogP contribution in [0.1, 0.15) is 12.0 Å². The van der Waals surface area contributed by atoms with E-state index in [1.165, 1.54) is 7.05 Å².